The van der Waals surface area contributed by atoms with Crippen LogP contribution in [0.1, 0.15) is 219 Å². The van der Waals surface area contributed by atoms with Gasteiger partial charge in [0.1, 0.15) is 6.04 Å². The number of nitrogens with zero attached hydrogens (tertiary/aromatic N) is 2. The zero-order valence-electron chi connectivity index (χ0n) is 34.6. The van der Waals surface area contributed by atoms with Crippen molar-refractivity contribution in [1.29, 1.82) is 0 Å². The summed E-state index contributed by atoms with van der Waals surface area (Å²) in [5, 5.41) is 2.79. The van der Waals surface area contributed by atoms with Gasteiger partial charge in [0.15, 0.2) is 5.96 Å². The third kappa shape index (κ3) is 33.9. The summed E-state index contributed by atoms with van der Waals surface area (Å²) in [6, 6.07) is -1.46. The molecule has 9 heteroatoms. The van der Waals surface area contributed by atoms with Crippen LogP contribution in [-0.4, -0.2) is 60.9 Å². The average molecular weight is 736 g/mol. The van der Waals surface area contributed by atoms with Gasteiger partial charge in [0.2, 0.25) is 11.8 Å². The Balaban J connectivity index is 4.39. The number of rotatable bonds is 40. The third-order valence-corrected chi connectivity index (χ3v) is 10.5. The molecule has 308 valence electrons. The first kappa shape index (κ1) is 50.1. The molecule has 0 aliphatic heterocycles. The van der Waals surface area contributed by atoms with E-state index in [4.69, 9.17) is 22.9 Å². The largest absolute Gasteiger partial charge is 0.370 e. The molecule has 9 N–H and O–H groups in total. The van der Waals surface area contributed by atoms with Crippen LogP contribution < -0.4 is 28.3 Å². The molecule has 0 fully saturated rings. The maximum atomic E-state index is 13.4. The van der Waals surface area contributed by atoms with E-state index in [0.29, 0.717) is 19.4 Å². The molecule has 0 radical (unpaired) electrons. The monoisotopic (exact) mass is 736 g/mol. The number of carbonyl (C=O) groups excluding carboxylic acids is 2. The standard InChI is InChI=1S/C43H89N7O2/c1-3-5-7-9-11-13-15-17-19-20-22-24-26-28-30-32-37-50(36-31-29-27-25-23-21-18-16-14-12-10-8-6-4-2)42(52)40(45)38-49-41(51)39(44)34-33-35-48-43(46)47/h39-40H,3-38,44-45H2,1-2H3,(H,49,51)(H4,46,47,48). The normalized spacial score (nSPS) is 12.5. The summed E-state index contributed by atoms with van der Waals surface area (Å²) in [6.45, 7) is 6.55. The average Bonchev–Trinajstić information content (AvgIpc) is 3.13. The van der Waals surface area contributed by atoms with Crippen molar-refractivity contribution < 1.29 is 9.59 Å². The zero-order valence-corrected chi connectivity index (χ0v) is 34.6. The van der Waals surface area contributed by atoms with E-state index in [1.807, 2.05) is 4.90 Å². The highest BCUT2D eigenvalue weighted by atomic mass is 16.2. The van der Waals surface area contributed by atoms with Crippen molar-refractivity contribution in [3.63, 3.8) is 0 Å². The van der Waals surface area contributed by atoms with Crippen LogP contribution in [0.3, 0.4) is 0 Å². The number of carbonyl (C=O) groups is 2. The molecule has 0 aromatic heterocycles. The highest BCUT2D eigenvalue weighted by Crippen LogP contribution is 2.16. The molecule has 0 saturated heterocycles. The lowest BCUT2D eigenvalue weighted by molar-refractivity contribution is -0.133. The van der Waals surface area contributed by atoms with Gasteiger partial charge in [-0.25, -0.2) is 0 Å². The quantitative estimate of drug-likeness (QED) is 0.0239. The molecule has 0 bridgehead atoms. The maximum Gasteiger partial charge on any atom is 0.241 e. The van der Waals surface area contributed by atoms with Gasteiger partial charge in [-0.1, -0.05) is 194 Å². The van der Waals surface area contributed by atoms with E-state index in [-0.39, 0.29) is 24.3 Å². The summed E-state index contributed by atoms with van der Waals surface area (Å²) in [5.41, 5.74) is 23.1. The lowest BCUT2D eigenvalue weighted by Crippen LogP contribution is -2.52. The summed E-state index contributed by atoms with van der Waals surface area (Å²) >= 11 is 0. The van der Waals surface area contributed by atoms with E-state index in [1.54, 1.807) is 0 Å². The Hall–Kier alpha value is -1.87. The molecule has 9 nitrogen and oxygen atoms in total. The Kier molecular flexibility index (Phi) is 37.4. The van der Waals surface area contributed by atoms with Crippen LogP contribution in [0.15, 0.2) is 4.99 Å². The summed E-state index contributed by atoms with van der Waals surface area (Å²) < 4.78 is 0. The summed E-state index contributed by atoms with van der Waals surface area (Å²) in [4.78, 5) is 31.8. The summed E-state index contributed by atoms with van der Waals surface area (Å²) in [7, 11) is 0. The van der Waals surface area contributed by atoms with Crippen molar-refractivity contribution in [2.24, 2.45) is 27.9 Å². The van der Waals surface area contributed by atoms with Crippen molar-refractivity contribution in [3.05, 3.63) is 0 Å². The van der Waals surface area contributed by atoms with E-state index < -0.39 is 12.1 Å². The fraction of sp³-hybridized carbons (Fsp3) is 0.930. The summed E-state index contributed by atoms with van der Waals surface area (Å²) in [6.07, 6.45) is 40.7. The van der Waals surface area contributed by atoms with Crippen LogP contribution >= 0.6 is 0 Å². The van der Waals surface area contributed by atoms with Gasteiger partial charge in [0, 0.05) is 26.2 Å². The molecule has 0 rings (SSSR count). The fourth-order valence-corrected chi connectivity index (χ4v) is 6.99. The lowest BCUT2D eigenvalue weighted by Gasteiger charge is -2.26. The molecule has 2 amide bonds. The number of nitrogens with two attached hydrogens (primary N) is 4. The van der Waals surface area contributed by atoms with Crippen LogP contribution in [0.4, 0.5) is 0 Å². The molecule has 2 atom stereocenters. The second-order valence-corrected chi connectivity index (χ2v) is 15.6. The maximum absolute atomic E-state index is 13.4. The second kappa shape index (κ2) is 38.8. The Morgan fingerprint density at radius 1 is 0.500 bits per heavy atom. The van der Waals surface area contributed by atoms with Gasteiger partial charge in [-0.2, -0.15) is 0 Å². The Labute approximate surface area is 322 Å². The molecule has 0 heterocycles. The number of amides is 2. The Morgan fingerprint density at radius 3 is 1.15 bits per heavy atom. The van der Waals surface area contributed by atoms with Crippen LogP contribution in [0.2, 0.25) is 0 Å². The van der Waals surface area contributed by atoms with E-state index in [2.05, 4.69) is 24.2 Å². The Morgan fingerprint density at radius 2 is 0.827 bits per heavy atom. The molecular weight excluding hydrogens is 647 g/mol. The van der Waals surface area contributed by atoms with Gasteiger partial charge in [-0.05, 0) is 25.7 Å². The van der Waals surface area contributed by atoms with Gasteiger partial charge >= 0.3 is 0 Å². The highest BCUT2D eigenvalue weighted by Gasteiger charge is 2.22. The number of hydrogen-bond acceptors (Lipinski definition) is 5. The van der Waals surface area contributed by atoms with Crippen molar-refractivity contribution in [3.8, 4) is 0 Å². The van der Waals surface area contributed by atoms with Crippen LogP contribution in [0.5, 0.6) is 0 Å². The third-order valence-electron chi connectivity index (χ3n) is 10.5. The minimum absolute atomic E-state index is 0.0285. The van der Waals surface area contributed by atoms with Crippen molar-refractivity contribution in [1.82, 2.24) is 10.2 Å². The first-order chi connectivity index (χ1) is 25.3. The molecule has 0 spiro atoms. The molecule has 0 aliphatic rings. The SMILES string of the molecule is CCCCCCCCCCCCCCCCCCN(CCCCCCCCCCCCCCCC)C(=O)C(N)CNC(=O)C(N)CCCN=C(N)N. The lowest BCUT2D eigenvalue weighted by atomic mass is 10.0. The number of hydrogen-bond donors (Lipinski definition) is 5. The molecular formula is C43H89N7O2. The first-order valence-electron chi connectivity index (χ1n) is 22.5. The molecule has 52 heavy (non-hydrogen) atoms. The summed E-state index contributed by atoms with van der Waals surface area (Å²) in [5.74, 6) is -0.345. The molecule has 0 aromatic carbocycles. The van der Waals surface area contributed by atoms with Crippen LogP contribution in [0.25, 0.3) is 0 Å². The van der Waals surface area contributed by atoms with Crippen LogP contribution in [0, 0.1) is 0 Å². The van der Waals surface area contributed by atoms with E-state index in [0.717, 1.165) is 38.8 Å². The van der Waals surface area contributed by atoms with E-state index in [1.165, 1.54) is 167 Å². The Bertz CT molecular complexity index is 821. The second-order valence-electron chi connectivity index (χ2n) is 15.6. The predicted molar refractivity (Wildman–Crippen MR) is 225 cm³/mol. The minimum atomic E-state index is -0.773. The smallest absolute Gasteiger partial charge is 0.241 e. The number of guanidine groups is 1. The molecule has 2 unspecified atom stereocenters. The van der Waals surface area contributed by atoms with Crippen LogP contribution in [-0.2, 0) is 9.59 Å². The molecule has 0 aromatic rings. The first-order valence-corrected chi connectivity index (χ1v) is 22.5. The highest BCUT2D eigenvalue weighted by molar-refractivity contribution is 5.85. The van der Waals surface area contributed by atoms with Gasteiger partial charge in [-0.3, -0.25) is 14.6 Å². The topological polar surface area (TPSA) is 166 Å². The zero-order chi connectivity index (χ0) is 38.3. The van der Waals surface area contributed by atoms with E-state index >= 15 is 0 Å². The van der Waals surface area contributed by atoms with Crippen molar-refractivity contribution in [2.75, 3.05) is 26.2 Å². The van der Waals surface area contributed by atoms with E-state index in [9.17, 15) is 9.59 Å². The molecule has 0 saturated carbocycles. The predicted octanol–water partition coefficient (Wildman–Crippen LogP) is 9.38. The molecule has 0 aliphatic carbocycles. The van der Waals surface area contributed by atoms with Gasteiger partial charge < -0.3 is 33.2 Å². The van der Waals surface area contributed by atoms with Gasteiger partial charge in [-0.15, -0.1) is 0 Å². The van der Waals surface area contributed by atoms with Gasteiger partial charge in [0.25, 0.3) is 0 Å². The number of aliphatic imine (C=N–C) groups is 1. The minimum Gasteiger partial charge on any atom is -0.370 e. The fourth-order valence-electron chi connectivity index (χ4n) is 6.99. The number of unbranched alkanes of at least 4 members (excludes halogenated alkanes) is 28. The van der Waals surface area contributed by atoms with Crippen molar-refractivity contribution in [2.45, 2.75) is 231 Å². The van der Waals surface area contributed by atoms with Crippen molar-refractivity contribution >= 4 is 17.8 Å². The number of nitrogens with one attached hydrogen (secondary N) is 1. The van der Waals surface area contributed by atoms with Gasteiger partial charge in [0.05, 0.1) is 6.04 Å².